The van der Waals surface area contributed by atoms with Crippen molar-refractivity contribution in [2.45, 2.75) is 12.8 Å². The Hall–Kier alpha value is -1.22. The van der Waals surface area contributed by atoms with Gasteiger partial charge in [0.1, 0.15) is 0 Å². The van der Waals surface area contributed by atoms with Crippen LogP contribution < -0.4 is 14.8 Å². The van der Waals surface area contributed by atoms with Gasteiger partial charge in [-0.25, -0.2) is 0 Å². The predicted octanol–water partition coefficient (Wildman–Crippen LogP) is 2.07. The second-order valence-electron chi connectivity index (χ2n) is 3.31. The van der Waals surface area contributed by atoms with Gasteiger partial charge in [-0.1, -0.05) is 12.1 Å². The van der Waals surface area contributed by atoms with Crippen LogP contribution in [0.1, 0.15) is 12.8 Å². The smallest absolute Gasteiger partial charge is 0.161 e. The molecule has 0 unspecified atom stereocenters. The van der Waals surface area contributed by atoms with Gasteiger partial charge in [0.2, 0.25) is 0 Å². The average Bonchev–Trinajstić information content (AvgIpc) is 2.29. The van der Waals surface area contributed by atoms with Crippen LogP contribution in [0.4, 0.5) is 0 Å². The Bertz CT molecular complexity index is 276. The van der Waals surface area contributed by atoms with Gasteiger partial charge < -0.3 is 14.8 Å². The maximum absolute atomic E-state index is 5.62. The van der Waals surface area contributed by atoms with Crippen molar-refractivity contribution in [3.05, 3.63) is 24.3 Å². The van der Waals surface area contributed by atoms with Crippen LogP contribution in [0.2, 0.25) is 0 Å². The van der Waals surface area contributed by atoms with Gasteiger partial charge in [0.15, 0.2) is 11.5 Å². The molecule has 0 aliphatic carbocycles. The minimum atomic E-state index is 0.738. The molecule has 84 valence electrons. The van der Waals surface area contributed by atoms with Crippen LogP contribution in [-0.2, 0) is 0 Å². The zero-order chi connectivity index (χ0) is 10.9. The first kappa shape index (κ1) is 11.9. The number of rotatable bonds is 7. The largest absolute Gasteiger partial charge is 0.493 e. The average molecular weight is 209 g/mol. The van der Waals surface area contributed by atoms with Crippen LogP contribution in [0.3, 0.4) is 0 Å². The summed E-state index contributed by atoms with van der Waals surface area (Å²) in [5.41, 5.74) is 0. The van der Waals surface area contributed by atoms with E-state index in [1.807, 2.05) is 31.3 Å². The molecular weight excluding hydrogens is 190 g/mol. The maximum Gasteiger partial charge on any atom is 0.161 e. The molecule has 0 amide bonds. The fourth-order valence-corrected chi connectivity index (χ4v) is 1.32. The number of unbranched alkanes of at least 4 members (excludes halogenated alkanes) is 1. The van der Waals surface area contributed by atoms with E-state index in [-0.39, 0.29) is 0 Å². The van der Waals surface area contributed by atoms with E-state index < -0.39 is 0 Å². The Kier molecular flexibility index (Phi) is 5.63. The predicted molar refractivity (Wildman–Crippen MR) is 61.6 cm³/mol. The van der Waals surface area contributed by atoms with E-state index in [0.717, 1.165) is 37.5 Å². The summed E-state index contributed by atoms with van der Waals surface area (Å²) in [6, 6.07) is 7.72. The van der Waals surface area contributed by atoms with Gasteiger partial charge in [-0.3, -0.25) is 0 Å². The Morgan fingerprint density at radius 3 is 2.53 bits per heavy atom. The van der Waals surface area contributed by atoms with Crippen LogP contribution in [0.25, 0.3) is 0 Å². The van der Waals surface area contributed by atoms with Crippen molar-refractivity contribution in [1.29, 1.82) is 0 Å². The highest BCUT2D eigenvalue weighted by Gasteiger charge is 2.01. The van der Waals surface area contributed by atoms with E-state index in [9.17, 15) is 0 Å². The van der Waals surface area contributed by atoms with Crippen LogP contribution in [0.15, 0.2) is 24.3 Å². The molecule has 15 heavy (non-hydrogen) atoms. The van der Waals surface area contributed by atoms with Crippen molar-refractivity contribution < 1.29 is 9.47 Å². The molecule has 3 heteroatoms. The molecule has 1 aromatic rings. The summed E-state index contributed by atoms with van der Waals surface area (Å²) < 4.78 is 10.8. The standard InChI is InChI=1S/C12H19NO2/c1-13-9-5-6-10-15-12-8-4-3-7-11(12)14-2/h3-4,7-8,13H,5-6,9-10H2,1-2H3. The van der Waals surface area contributed by atoms with Gasteiger partial charge in [-0.15, -0.1) is 0 Å². The topological polar surface area (TPSA) is 30.5 Å². The SMILES string of the molecule is CNCCCCOc1ccccc1OC. The van der Waals surface area contributed by atoms with Crippen LogP contribution in [0.5, 0.6) is 11.5 Å². The van der Waals surface area contributed by atoms with Gasteiger partial charge in [-0.05, 0) is 38.6 Å². The summed E-state index contributed by atoms with van der Waals surface area (Å²) in [6.07, 6.45) is 2.19. The molecule has 0 radical (unpaired) electrons. The van der Waals surface area contributed by atoms with Gasteiger partial charge in [0.25, 0.3) is 0 Å². The number of nitrogens with one attached hydrogen (secondary N) is 1. The summed E-state index contributed by atoms with van der Waals surface area (Å²) in [4.78, 5) is 0. The molecule has 0 bridgehead atoms. The lowest BCUT2D eigenvalue weighted by Crippen LogP contribution is -2.09. The summed E-state index contributed by atoms with van der Waals surface area (Å²) in [6.45, 7) is 1.78. The molecule has 0 saturated carbocycles. The third-order valence-electron chi connectivity index (χ3n) is 2.15. The van der Waals surface area contributed by atoms with Gasteiger partial charge >= 0.3 is 0 Å². The summed E-state index contributed by atoms with van der Waals surface area (Å²) in [5, 5.41) is 3.11. The first-order chi connectivity index (χ1) is 7.38. The number of hydrogen-bond donors (Lipinski definition) is 1. The van der Waals surface area contributed by atoms with Crippen LogP contribution in [0, 0.1) is 0 Å². The lowest BCUT2D eigenvalue weighted by molar-refractivity contribution is 0.286. The van der Waals surface area contributed by atoms with Crippen molar-refractivity contribution in [1.82, 2.24) is 5.32 Å². The first-order valence-electron chi connectivity index (χ1n) is 5.29. The molecule has 0 fully saturated rings. The van der Waals surface area contributed by atoms with Crippen molar-refractivity contribution >= 4 is 0 Å². The molecule has 1 aromatic carbocycles. The fraction of sp³-hybridized carbons (Fsp3) is 0.500. The van der Waals surface area contributed by atoms with E-state index >= 15 is 0 Å². The normalized spacial score (nSPS) is 10.0. The minimum Gasteiger partial charge on any atom is -0.493 e. The Morgan fingerprint density at radius 2 is 1.87 bits per heavy atom. The van der Waals surface area contributed by atoms with Crippen molar-refractivity contribution in [2.75, 3.05) is 27.3 Å². The van der Waals surface area contributed by atoms with Gasteiger partial charge in [0, 0.05) is 0 Å². The molecule has 1 N–H and O–H groups in total. The second kappa shape index (κ2) is 7.12. The minimum absolute atomic E-state index is 0.738. The van der Waals surface area contributed by atoms with E-state index in [2.05, 4.69) is 5.32 Å². The highest BCUT2D eigenvalue weighted by molar-refractivity contribution is 5.39. The fourth-order valence-electron chi connectivity index (χ4n) is 1.32. The third kappa shape index (κ3) is 4.21. The zero-order valence-corrected chi connectivity index (χ0v) is 9.45. The summed E-state index contributed by atoms with van der Waals surface area (Å²) in [7, 11) is 3.62. The summed E-state index contributed by atoms with van der Waals surface area (Å²) >= 11 is 0. The Morgan fingerprint density at radius 1 is 1.13 bits per heavy atom. The monoisotopic (exact) mass is 209 g/mol. The zero-order valence-electron chi connectivity index (χ0n) is 9.45. The highest BCUT2D eigenvalue weighted by Crippen LogP contribution is 2.25. The number of ether oxygens (including phenoxy) is 2. The van der Waals surface area contributed by atoms with E-state index in [1.54, 1.807) is 7.11 Å². The van der Waals surface area contributed by atoms with E-state index in [1.165, 1.54) is 0 Å². The second-order valence-corrected chi connectivity index (χ2v) is 3.31. The molecule has 0 aromatic heterocycles. The molecule has 1 rings (SSSR count). The van der Waals surface area contributed by atoms with Crippen LogP contribution >= 0.6 is 0 Å². The van der Waals surface area contributed by atoms with Crippen LogP contribution in [-0.4, -0.2) is 27.3 Å². The highest BCUT2D eigenvalue weighted by atomic mass is 16.5. The third-order valence-corrected chi connectivity index (χ3v) is 2.15. The number of hydrogen-bond acceptors (Lipinski definition) is 3. The molecule has 0 heterocycles. The first-order valence-corrected chi connectivity index (χ1v) is 5.29. The summed E-state index contributed by atoms with van der Waals surface area (Å²) in [5.74, 6) is 1.62. The van der Waals surface area contributed by atoms with E-state index in [4.69, 9.17) is 9.47 Å². The van der Waals surface area contributed by atoms with E-state index in [0.29, 0.717) is 0 Å². The lowest BCUT2D eigenvalue weighted by atomic mass is 10.3. The molecular formula is C12H19NO2. The van der Waals surface area contributed by atoms with Crippen molar-refractivity contribution in [3.63, 3.8) is 0 Å². The number of para-hydroxylation sites is 2. The molecule has 0 saturated heterocycles. The lowest BCUT2D eigenvalue weighted by Gasteiger charge is -2.09. The Labute approximate surface area is 91.4 Å². The quantitative estimate of drug-likeness (QED) is 0.697. The van der Waals surface area contributed by atoms with Crippen molar-refractivity contribution in [3.8, 4) is 11.5 Å². The van der Waals surface area contributed by atoms with Gasteiger partial charge in [-0.2, -0.15) is 0 Å². The molecule has 3 nitrogen and oxygen atoms in total. The molecule has 0 aliphatic rings. The molecule has 0 atom stereocenters. The molecule has 0 aliphatic heterocycles. The maximum atomic E-state index is 5.62. The number of benzene rings is 1. The van der Waals surface area contributed by atoms with Crippen molar-refractivity contribution in [2.24, 2.45) is 0 Å². The number of methoxy groups -OCH3 is 1. The Balaban J connectivity index is 2.30. The molecule has 0 spiro atoms. The van der Waals surface area contributed by atoms with Gasteiger partial charge in [0.05, 0.1) is 13.7 Å².